The molecule has 3 aromatic rings. The number of ether oxygens (including phenoxy) is 1. The van der Waals surface area contributed by atoms with Crippen LogP contribution in [0.1, 0.15) is 47.1 Å². The SMILES string of the molecule is Cc1ccc(-c2ccc3c(c2)[C@H]2C[C@H]3CCN2Cc2ccc(OC(F)(F)F)cc2)cc1. The Morgan fingerprint density at radius 2 is 1.61 bits per heavy atom. The zero-order valence-corrected chi connectivity index (χ0v) is 17.3. The zero-order chi connectivity index (χ0) is 21.6. The van der Waals surface area contributed by atoms with Gasteiger partial charge in [0.2, 0.25) is 0 Å². The molecule has 0 unspecified atom stereocenters. The Morgan fingerprint density at radius 3 is 2.32 bits per heavy atom. The highest BCUT2D eigenvalue weighted by molar-refractivity contribution is 5.66. The number of likely N-dealkylation sites (tertiary alicyclic amines) is 1. The maximum absolute atomic E-state index is 12.4. The zero-order valence-electron chi connectivity index (χ0n) is 17.3. The Hall–Kier alpha value is -2.79. The summed E-state index contributed by atoms with van der Waals surface area (Å²) in [7, 11) is 0. The van der Waals surface area contributed by atoms with E-state index >= 15 is 0 Å². The minimum Gasteiger partial charge on any atom is -0.406 e. The molecule has 3 aromatic carbocycles. The van der Waals surface area contributed by atoms with Gasteiger partial charge in [-0.2, -0.15) is 0 Å². The van der Waals surface area contributed by atoms with Crippen molar-refractivity contribution in [3.05, 3.63) is 89.0 Å². The summed E-state index contributed by atoms with van der Waals surface area (Å²) in [6, 6.07) is 22.1. The fraction of sp³-hybridized carbons (Fsp3) is 0.308. The number of rotatable bonds is 4. The highest BCUT2D eigenvalue weighted by Crippen LogP contribution is 2.50. The average Bonchev–Trinajstić information content (AvgIpc) is 3.03. The van der Waals surface area contributed by atoms with Crippen LogP contribution in [0.5, 0.6) is 5.75 Å². The monoisotopic (exact) mass is 423 g/mol. The molecule has 160 valence electrons. The summed E-state index contributed by atoms with van der Waals surface area (Å²) in [5.41, 5.74) is 7.56. The summed E-state index contributed by atoms with van der Waals surface area (Å²) >= 11 is 0. The predicted molar refractivity (Wildman–Crippen MR) is 115 cm³/mol. The van der Waals surface area contributed by atoms with Crippen LogP contribution < -0.4 is 4.74 Å². The van der Waals surface area contributed by atoms with Crippen molar-refractivity contribution in [3.63, 3.8) is 0 Å². The van der Waals surface area contributed by atoms with E-state index < -0.39 is 6.36 Å². The topological polar surface area (TPSA) is 12.5 Å². The molecule has 2 atom stereocenters. The van der Waals surface area contributed by atoms with Crippen LogP contribution in [0.25, 0.3) is 11.1 Å². The van der Waals surface area contributed by atoms with Gasteiger partial charge >= 0.3 is 6.36 Å². The maximum Gasteiger partial charge on any atom is 0.573 e. The lowest BCUT2D eigenvalue weighted by Gasteiger charge is -2.34. The number of piperidine rings is 1. The third-order valence-electron chi connectivity index (χ3n) is 6.53. The molecule has 1 heterocycles. The maximum atomic E-state index is 12.4. The first kappa shape index (κ1) is 20.1. The highest BCUT2D eigenvalue weighted by Gasteiger charge is 2.38. The van der Waals surface area contributed by atoms with Gasteiger partial charge in [0.05, 0.1) is 0 Å². The third-order valence-corrected chi connectivity index (χ3v) is 6.53. The molecule has 1 aliphatic heterocycles. The smallest absolute Gasteiger partial charge is 0.406 e. The number of benzene rings is 3. The van der Waals surface area contributed by atoms with Crippen LogP contribution in [-0.2, 0) is 6.54 Å². The first-order valence-corrected chi connectivity index (χ1v) is 10.7. The highest BCUT2D eigenvalue weighted by atomic mass is 19.4. The van der Waals surface area contributed by atoms with Gasteiger partial charge < -0.3 is 4.74 Å². The number of nitrogens with zero attached hydrogens (tertiary/aromatic N) is 1. The molecule has 0 saturated carbocycles. The molecule has 0 radical (unpaired) electrons. The Balaban J connectivity index is 1.37. The molecule has 1 saturated heterocycles. The molecule has 0 spiro atoms. The largest absolute Gasteiger partial charge is 0.573 e. The van der Waals surface area contributed by atoms with E-state index in [-0.39, 0.29) is 5.75 Å². The second kappa shape index (κ2) is 7.72. The van der Waals surface area contributed by atoms with Crippen LogP contribution in [-0.4, -0.2) is 17.8 Å². The minimum atomic E-state index is -4.66. The average molecular weight is 423 g/mol. The van der Waals surface area contributed by atoms with Crippen molar-refractivity contribution in [2.75, 3.05) is 6.54 Å². The van der Waals surface area contributed by atoms with Crippen molar-refractivity contribution in [3.8, 4) is 16.9 Å². The van der Waals surface area contributed by atoms with Gasteiger partial charge in [-0.1, -0.05) is 54.1 Å². The van der Waals surface area contributed by atoms with Crippen molar-refractivity contribution >= 4 is 0 Å². The van der Waals surface area contributed by atoms with Crippen molar-refractivity contribution in [2.24, 2.45) is 0 Å². The summed E-state index contributed by atoms with van der Waals surface area (Å²) < 4.78 is 41.2. The molecule has 2 bridgehead atoms. The molecule has 5 heteroatoms. The number of hydrogen-bond acceptors (Lipinski definition) is 2. The first-order chi connectivity index (χ1) is 14.9. The number of halogens is 3. The van der Waals surface area contributed by atoms with E-state index in [4.69, 9.17) is 0 Å². The number of fused-ring (bicyclic) bond motifs is 5. The number of aryl methyl sites for hydroxylation is 1. The molecule has 0 N–H and O–H groups in total. The Morgan fingerprint density at radius 1 is 0.903 bits per heavy atom. The van der Waals surface area contributed by atoms with Crippen molar-refractivity contribution in [1.82, 2.24) is 4.90 Å². The molecule has 0 aromatic heterocycles. The first-order valence-electron chi connectivity index (χ1n) is 10.7. The minimum absolute atomic E-state index is 0.177. The lowest BCUT2D eigenvalue weighted by molar-refractivity contribution is -0.274. The molecule has 1 fully saturated rings. The quantitative estimate of drug-likeness (QED) is 0.448. The van der Waals surface area contributed by atoms with E-state index in [9.17, 15) is 13.2 Å². The van der Waals surface area contributed by atoms with E-state index in [2.05, 4.69) is 59.0 Å². The summed E-state index contributed by atoms with van der Waals surface area (Å²) in [6.45, 7) is 3.80. The summed E-state index contributed by atoms with van der Waals surface area (Å²) in [5, 5.41) is 0. The fourth-order valence-electron chi connectivity index (χ4n) is 5.00. The molecule has 5 rings (SSSR count). The number of hydrogen-bond donors (Lipinski definition) is 0. The van der Waals surface area contributed by atoms with Crippen LogP contribution in [0, 0.1) is 6.92 Å². The van der Waals surface area contributed by atoms with Crippen LogP contribution in [0.15, 0.2) is 66.7 Å². The summed E-state index contributed by atoms with van der Waals surface area (Å²) in [5.74, 6) is 0.426. The Kier molecular flexibility index (Phi) is 5.01. The molecular weight excluding hydrogens is 399 g/mol. The van der Waals surface area contributed by atoms with Crippen LogP contribution in [0.2, 0.25) is 0 Å². The van der Waals surface area contributed by atoms with Gasteiger partial charge in [-0.15, -0.1) is 13.2 Å². The van der Waals surface area contributed by atoms with Gasteiger partial charge in [0.25, 0.3) is 0 Å². The predicted octanol–water partition coefficient (Wildman–Crippen LogP) is 6.99. The Bertz CT molecular complexity index is 1070. The summed E-state index contributed by atoms with van der Waals surface area (Å²) in [6.07, 6.45) is -2.43. The van der Waals surface area contributed by atoms with Gasteiger partial charge in [-0.3, -0.25) is 4.90 Å². The van der Waals surface area contributed by atoms with Gasteiger partial charge in [-0.25, -0.2) is 0 Å². The second-order valence-corrected chi connectivity index (χ2v) is 8.61. The van der Waals surface area contributed by atoms with Gasteiger partial charge in [0.1, 0.15) is 5.75 Å². The van der Waals surface area contributed by atoms with E-state index in [1.165, 1.54) is 39.9 Å². The van der Waals surface area contributed by atoms with Gasteiger partial charge in [0, 0.05) is 12.6 Å². The van der Waals surface area contributed by atoms with Crippen molar-refractivity contribution in [2.45, 2.75) is 44.6 Å². The van der Waals surface area contributed by atoms with Crippen LogP contribution in [0.3, 0.4) is 0 Å². The van der Waals surface area contributed by atoms with Crippen molar-refractivity contribution < 1.29 is 17.9 Å². The lowest BCUT2D eigenvalue weighted by atomic mass is 9.94. The van der Waals surface area contributed by atoms with Crippen molar-refractivity contribution in [1.29, 1.82) is 0 Å². The molecular formula is C26H24F3NO. The van der Waals surface area contributed by atoms with E-state index in [1.807, 2.05) is 0 Å². The van der Waals surface area contributed by atoms with Gasteiger partial charge in [0.15, 0.2) is 0 Å². The fourth-order valence-corrected chi connectivity index (χ4v) is 5.00. The molecule has 31 heavy (non-hydrogen) atoms. The standard InChI is InChI=1S/C26H24F3NO/c1-17-2-6-19(7-3-17)20-8-11-23-21-12-13-30(25(15-21)24(23)14-20)16-18-4-9-22(10-5-18)31-26(27,28)29/h2-11,14,21,25H,12-13,15-16H2,1H3/t21-,25-/m1/s1. The van der Waals surface area contributed by atoms with E-state index in [0.717, 1.165) is 31.5 Å². The van der Waals surface area contributed by atoms with Crippen LogP contribution >= 0.6 is 0 Å². The Labute approximate surface area is 180 Å². The molecule has 0 amide bonds. The molecule has 2 nitrogen and oxygen atoms in total. The van der Waals surface area contributed by atoms with E-state index in [1.54, 1.807) is 12.1 Å². The second-order valence-electron chi connectivity index (χ2n) is 8.61. The number of alkyl halides is 3. The molecule has 1 aliphatic carbocycles. The summed E-state index contributed by atoms with van der Waals surface area (Å²) in [4.78, 5) is 2.46. The van der Waals surface area contributed by atoms with Crippen LogP contribution in [0.4, 0.5) is 13.2 Å². The molecule has 2 aliphatic rings. The lowest BCUT2D eigenvalue weighted by Crippen LogP contribution is -2.31. The third kappa shape index (κ3) is 4.19. The van der Waals surface area contributed by atoms with E-state index in [0.29, 0.717) is 12.0 Å². The van der Waals surface area contributed by atoms with Gasteiger partial charge in [-0.05, 0) is 78.2 Å². The normalized spacial score (nSPS) is 20.5.